The Labute approximate surface area is 183 Å². The van der Waals surface area contributed by atoms with E-state index in [1.54, 1.807) is 10.9 Å². The normalized spacial score (nSPS) is 16.7. The molecule has 3 aromatic heterocycles. The molecule has 1 saturated heterocycles. The minimum Gasteiger partial charge on any atom is -0.329 e. The summed E-state index contributed by atoms with van der Waals surface area (Å²) in [6.07, 6.45) is 7.33. The average Bonchev–Trinajstić information content (AvgIpc) is 3.35. The van der Waals surface area contributed by atoms with Crippen molar-refractivity contribution in [3.8, 4) is 11.1 Å². The quantitative estimate of drug-likeness (QED) is 0.638. The molecule has 0 unspecified atom stereocenters. The summed E-state index contributed by atoms with van der Waals surface area (Å²) < 4.78 is 1.71. The fourth-order valence-electron chi connectivity index (χ4n) is 4.20. The highest BCUT2D eigenvalue weighted by molar-refractivity contribution is 5.93. The van der Waals surface area contributed by atoms with Gasteiger partial charge in [0.25, 0.3) is 5.91 Å². The van der Waals surface area contributed by atoms with E-state index in [-0.39, 0.29) is 17.4 Å². The second-order valence-corrected chi connectivity index (χ2v) is 9.35. The van der Waals surface area contributed by atoms with E-state index in [2.05, 4.69) is 35.8 Å². The molecule has 0 N–H and O–H groups in total. The molecule has 1 amide bonds. The van der Waals surface area contributed by atoms with Gasteiger partial charge in [0.05, 0.1) is 17.4 Å². The van der Waals surface area contributed by atoms with Gasteiger partial charge in [-0.15, -0.1) is 0 Å². The van der Waals surface area contributed by atoms with Crippen LogP contribution in [0.25, 0.3) is 11.1 Å². The number of nitrogens with zero attached hydrogens (tertiary/aromatic N) is 6. The van der Waals surface area contributed by atoms with Crippen molar-refractivity contribution in [3.63, 3.8) is 0 Å². The van der Waals surface area contributed by atoms with E-state index in [0.717, 1.165) is 40.9 Å². The summed E-state index contributed by atoms with van der Waals surface area (Å²) in [7, 11) is 1.84. The predicted octanol–water partition coefficient (Wildman–Crippen LogP) is 4.16. The third-order valence-electron chi connectivity index (χ3n) is 5.95. The SMILES string of the molecule is Cc1ncc(-c2ccncc2C)c([C@@H]2CCCN2C(=O)c2cc(C(C)(C)C)nn2C)n1. The van der Waals surface area contributed by atoms with Gasteiger partial charge in [0.15, 0.2) is 0 Å². The van der Waals surface area contributed by atoms with E-state index in [1.165, 1.54) is 0 Å². The third kappa shape index (κ3) is 3.96. The molecule has 0 radical (unpaired) electrons. The molecule has 0 saturated carbocycles. The lowest BCUT2D eigenvalue weighted by Crippen LogP contribution is -2.32. The number of carbonyl (C=O) groups excluding carboxylic acids is 1. The Bertz CT molecular complexity index is 1130. The summed E-state index contributed by atoms with van der Waals surface area (Å²) in [6.45, 7) is 11.0. The minimum atomic E-state index is -0.115. The lowest BCUT2D eigenvalue weighted by molar-refractivity contribution is 0.0722. The number of amides is 1. The van der Waals surface area contributed by atoms with E-state index in [0.29, 0.717) is 18.1 Å². The topological polar surface area (TPSA) is 76.8 Å². The van der Waals surface area contributed by atoms with Gasteiger partial charge in [-0.1, -0.05) is 20.8 Å². The highest BCUT2D eigenvalue weighted by Crippen LogP contribution is 2.38. The highest BCUT2D eigenvalue weighted by atomic mass is 16.2. The number of rotatable bonds is 3. The largest absolute Gasteiger partial charge is 0.329 e. The summed E-state index contributed by atoms with van der Waals surface area (Å²) in [6, 6.07) is 3.83. The fourth-order valence-corrected chi connectivity index (χ4v) is 4.20. The molecular weight excluding hydrogens is 388 g/mol. The van der Waals surface area contributed by atoms with Crippen LogP contribution >= 0.6 is 0 Å². The van der Waals surface area contributed by atoms with Gasteiger partial charge in [-0.3, -0.25) is 14.5 Å². The molecule has 7 heteroatoms. The summed E-state index contributed by atoms with van der Waals surface area (Å²) in [5.74, 6) is 0.710. The molecule has 31 heavy (non-hydrogen) atoms. The van der Waals surface area contributed by atoms with Crippen LogP contribution in [0.4, 0.5) is 0 Å². The maximum Gasteiger partial charge on any atom is 0.272 e. The summed E-state index contributed by atoms with van der Waals surface area (Å²) in [4.78, 5) is 29.0. The first kappa shape index (κ1) is 21.2. The summed E-state index contributed by atoms with van der Waals surface area (Å²) in [5, 5.41) is 4.60. The standard InChI is InChI=1S/C24H30N6O/c1-15-13-25-10-9-17(15)18-14-26-16(2)27-22(18)19-8-7-11-30(19)23(31)20-12-21(24(3,4)5)28-29(20)6/h9-10,12-14,19H,7-8,11H2,1-6H3/t19-/m0/s1. The Hall–Kier alpha value is -3.09. The maximum atomic E-state index is 13.6. The van der Waals surface area contributed by atoms with Gasteiger partial charge < -0.3 is 4.90 Å². The molecule has 1 aliphatic heterocycles. The van der Waals surface area contributed by atoms with Crippen molar-refractivity contribution in [1.82, 2.24) is 29.6 Å². The number of hydrogen-bond donors (Lipinski definition) is 0. The van der Waals surface area contributed by atoms with Gasteiger partial charge >= 0.3 is 0 Å². The monoisotopic (exact) mass is 418 g/mol. The first-order chi connectivity index (χ1) is 14.7. The number of carbonyl (C=O) groups is 1. The molecule has 0 spiro atoms. The van der Waals surface area contributed by atoms with Crippen molar-refractivity contribution < 1.29 is 4.79 Å². The number of pyridine rings is 1. The molecule has 4 rings (SSSR count). The van der Waals surface area contributed by atoms with E-state index >= 15 is 0 Å². The molecular formula is C24H30N6O. The second kappa shape index (κ2) is 7.87. The average molecular weight is 419 g/mol. The molecule has 1 aliphatic rings. The van der Waals surface area contributed by atoms with Crippen molar-refractivity contribution in [2.24, 2.45) is 7.05 Å². The fraction of sp³-hybridized carbons (Fsp3) is 0.458. The zero-order valence-corrected chi connectivity index (χ0v) is 19.2. The molecule has 4 heterocycles. The summed E-state index contributed by atoms with van der Waals surface area (Å²) in [5.41, 5.74) is 5.41. The number of aryl methyl sites for hydroxylation is 3. The van der Waals surface area contributed by atoms with Gasteiger partial charge in [0.2, 0.25) is 0 Å². The Morgan fingerprint density at radius 3 is 2.61 bits per heavy atom. The third-order valence-corrected chi connectivity index (χ3v) is 5.95. The van der Waals surface area contributed by atoms with Crippen LogP contribution in [0.3, 0.4) is 0 Å². The molecule has 162 valence electrons. The minimum absolute atomic E-state index is 0.00154. The summed E-state index contributed by atoms with van der Waals surface area (Å²) >= 11 is 0. The Morgan fingerprint density at radius 2 is 1.94 bits per heavy atom. The lowest BCUT2D eigenvalue weighted by atomic mass is 9.92. The molecule has 0 aliphatic carbocycles. The molecule has 1 fully saturated rings. The first-order valence-corrected chi connectivity index (χ1v) is 10.8. The molecule has 1 atom stereocenters. The van der Waals surface area contributed by atoms with Crippen molar-refractivity contribution >= 4 is 5.91 Å². The van der Waals surface area contributed by atoms with Crippen molar-refractivity contribution in [2.45, 2.75) is 58.9 Å². The molecule has 0 aromatic carbocycles. The first-order valence-electron chi connectivity index (χ1n) is 10.8. The predicted molar refractivity (Wildman–Crippen MR) is 120 cm³/mol. The van der Waals surface area contributed by atoms with Gasteiger partial charge in [-0.2, -0.15) is 5.10 Å². The molecule has 7 nitrogen and oxygen atoms in total. The smallest absolute Gasteiger partial charge is 0.272 e. The van der Waals surface area contributed by atoms with Gasteiger partial charge in [-0.25, -0.2) is 9.97 Å². The highest BCUT2D eigenvalue weighted by Gasteiger charge is 2.35. The van der Waals surface area contributed by atoms with Gasteiger partial charge in [0.1, 0.15) is 11.5 Å². The van der Waals surface area contributed by atoms with Crippen LogP contribution in [0.15, 0.2) is 30.7 Å². The Morgan fingerprint density at radius 1 is 1.16 bits per heavy atom. The van der Waals surface area contributed by atoms with E-state index in [9.17, 15) is 4.79 Å². The van der Waals surface area contributed by atoms with E-state index < -0.39 is 0 Å². The van der Waals surface area contributed by atoms with Crippen molar-refractivity contribution in [2.75, 3.05) is 6.54 Å². The van der Waals surface area contributed by atoms with Crippen molar-refractivity contribution in [1.29, 1.82) is 0 Å². The van der Waals surface area contributed by atoms with Crippen LogP contribution < -0.4 is 0 Å². The van der Waals surface area contributed by atoms with E-state index in [4.69, 9.17) is 4.98 Å². The van der Waals surface area contributed by atoms with Crippen LogP contribution in [-0.4, -0.2) is 42.1 Å². The zero-order chi connectivity index (χ0) is 22.3. The van der Waals surface area contributed by atoms with Crippen LogP contribution in [0, 0.1) is 13.8 Å². The zero-order valence-electron chi connectivity index (χ0n) is 19.2. The van der Waals surface area contributed by atoms with Gasteiger partial charge in [0, 0.05) is 43.2 Å². The lowest BCUT2D eigenvalue weighted by Gasteiger charge is -2.26. The van der Waals surface area contributed by atoms with Crippen LogP contribution in [0.5, 0.6) is 0 Å². The van der Waals surface area contributed by atoms with Crippen LogP contribution in [0.1, 0.15) is 72.9 Å². The maximum absolute atomic E-state index is 13.6. The number of hydrogen-bond acceptors (Lipinski definition) is 5. The Kier molecular flexibility index (Phi) is 5.37. The molecule has 0 bridgehead atoms. The Balaban J connectivity index is 1.75. The van der Waals surface area contributed by atoms with E-state index in [1.807, 2.05) is 50.3 Å². The number of likely N-dealkylation sites (tertiary alicyclic amines) is 1. The van der Waals surface area contributed by atoms with Crippen LogP contribution in [0.2, 0.25) is 0 Å². The van der Waals surface area contributed by atoms with Crippen molar-refractivity contribution in [3.05, 3.63) is 59.2 Å². The molecule has 3 aromatic rings. The van der Waals surface area contributed by atoms with Crippen LogP contribution in [-0.2, 0) is 12.5 Å². The number of aromatic nitrogens is 5. The second-order valence-electron chi connectivity index (χ2n) is 9.35. The van der Waals surface area contributed by atoms with Gasteiger partial charge in [-0.05, 0) is 49.9 Å².